The van der Waals surface area contributed by atoms with E-state index in [1.807, 2.05) is 56.3 Å². The third-order valence-corrected chi connectivity index (χ3v) is 6.49. The molecule has 0 radical (unpaired) electrons. The molecule has 1 atom stereocenters. The Morgan fingerprint density at radius 2 is 1.50 bits per heavy atom. The highest BCUT2D eigenvalue weighted by Gasteiger charge is 2.21. The largest absolute Gasteiger partial charge is 0.489 e. The Morgan fingerprint density at radius 3 is 2.15 bits per heavy atom. The van der Waals surface area contributed by atoms with Crippen LogP contribution in [0, 0.1) is 0 Å². The van der Waals surface area contributed by atoms with Crippen LogP contribution in [-0.4, -0.2) is 27.5 Å². The van der Waals surface area contributed by atoms with E-state index in [-0.39, 0.29) is 6.04 Å². The minimum absolute atomic E-state index is 0.0198. The minimum Gasteiger partial charge on any atom is -0.489 e. The van der Waals surface area contributed by atoms with E-state index in [0.29, 0.717) is 12.2 Å². The number of benzene rings is 3. The van der Waals surface area contributed by atoms with E-state index in [0.717, 1.165) is 49.1 Å². The van der Waals surface area contributed by atoms with Gasteiger partial charge in [0.2, 0.25) is 0 Å². The average Bonchev–Trinajstić information content (AvgIpc) is 2.88. The van der Waals surface area contributed by atoms with Gasteiger partial charge in [0.1, 0.15) is 12.4 Å². The van der Waals surface area contributed by atoms with Crippen LogP contribution in [0.2, 0.25) is 0 Å². The summed E-state index contributed by atoms with van der Waals surface area (Å²) >= 11 is 0. The third-order valence-electron chi connectivity index (χ3n) is 6.49. The molecule has 4 N–H and O–H groups in total. The second kappa shape index (κ2) is 12.7. The molecule has 5 nitrogen and oxygen atoms in total. The van der Waals surface area contributed by atoms with Crippen molar-refractivity contribution >= 4 is 0 Å². The molecule has 5 heteroatoms. The van der Waals surface area contributed by atoms with Gasteiger partial charge in [-0.15, -0.1) is 0 Å². The molecule has 0 spiro atoms. The van der Waals surface area contributed by atoms with Gasteiger partial charge in [0.05, 0.1) is 11.6 Å². The second-order valence-electron chi connectivity index (χ2n) is 8.81. The van der Waals surface area contributed by atoms with E-state index in [1.165, 1.54) is 5.56 Å². The van der Waals surface area contributed by atoms with Crippen molar-refractivity contribution in [1.82, 2.24) is 5.32 Å². The molecule has 0 fully saturated rings. The van der Waals surface area contributed by atoms with Gasteiger partial charge in [-0.05, 0) is 61.1 Å². The van der Waals surface area contributed by atoms with E-state index in [2.05, 4.69) is 29.6 Å². The molecule has 0 aromatic heterocycles. The maximum absolute atomic E-state index is 10.6. The van der Waals surface area contributed by atoms with Crippen LogP contribution in [0.15, 0.2) is 78.9 Å². The molecule has 1 unspecified atom stereocenters. The maximum Gasteiger partial charge on any atom is 0.178 e. The summed E-state index contributed by atoms with van der Waals surface area (Å²) in [6, 6.07) is 25.5. The molecular formula is C29H37NO4. The summed E-state index contributed by atoms with van der Waals surface area (Å²) in [5.41, 5.74) is 3.12. The summed E-state index contributed by atoms with van der Waals surface area (Å²) < 4.78 is 6.03. The summed E-state index contributed by atoms with van der Waals surface area (Å²) in [7, 11) is 0. The predicted octanol–water partition coefficient (Wildman–Crippen LogP) is 5.26. The Hall–Kier alpha value is -2.70. The number of aliphatic hydroxyl groups is 3. The van der Waals surface area contributed by atoms with Gasteiger partial charge in [-0.1, -0.05) is 80.6 Å². The highest BCUT2D eigenvalue weighted by atomic mass is 16.5. The van der Waals surface area contributed by atoms with Crippen LogP contribution in [0.1, 0.15) is 74.1 Å². The number of aliphatic hydroxyl groups excluding tert-OH is 1. The van der Waals surface area contributed by atoms with Crippen molar-refractivity contribution in [3.8, 4) is 5.75 Å². The molecule has 0 aliphatic rings. The zero-order chi connectivity index (χ0) is 24.4. The molecule has 0 aliphatic heterocycles. The maximum atomic E-state index is 10.6. The van der Waals surface area contributed by atoms with E-state index < -0.39 is 11.9 Å². The molecular weight excluding hydrogens is 426 g/mol. The van der Waals surface area contributed by atoms with E-state index in [4.69, 9.17) is 4.74 Å². The molecule has 3 aromatic carbocycles. The number of rotatable bonds is 13. The molecule has 182 valence electrons. The topological polar surface area (TPSA) is 82.0 Å². The summed E-state index contributed by atoms with van der Waals surface area (Å²) in [6.07, 6.45) is 1.76. The first kappa shape index (κ1) is 25.9. The lowest BCUT2D eigenvalue weighted by Gasteiger charge is -2.26. The molecule has 3 rings (SSSR count). The first-order chi connectivity index (χ1) is 16.4. The lowest BCUT2D eigenvalue weighted by molar-refractivity contribution is -0.0425. The van der Waals surface area contributed by atoms with Gasteiger partial charge < -0.3 is 25.4 Å². The Balaban J connectivity index is 1.68. The average molecular weight is 464 g/mol. The smallest absolute Gasteiger partial charge is 0.178 e. The number of hydrogen-bond acceptors (Lipinski definition) is 5. The molecule has 0 aliphatic carbocycles. The van der Waals surface area contributed by atoms with Crippen molar-refractivity contribution in [3.05, 3.63) is 101 Å². The van der Waals surface area contributed by atoms with Gasteiger partial charge in [0.15, 0.2) is 6.29 Å². The van der Waals surface area contributed by atoms with Gasteiger partial charge in [-0.2, -0.15) is 0 Å². The van der Waals surface area contributed by atoms with Crippen molar-refractivity contribution in [2.45, 2.75) is 64.1 Å². The third kappa shape index (κ3) is 7.40. The summed E-state index contributed by atoms with van der Waals surface area (Å²) in [5.74, 6) is 0.776. The Bertz CT molecular complexity index is 985. The van der Waals surface area contributed by atoms with Crippen molar-refractivity contribution in [3.63, 3.8) is 0 Å². The lowest BCUT2D eigenvalue weighted by atomic mass is 9.91. The Morgan fingerprint density at radius 1 is 0.824 bits per heavy atom. The number of nitrogens with one attached hydrogen (secondary N) is 1. The van der Waals surface area contributed by atoms with Crippen LogP contribution in [0.25, 0.3) is 0 Å². The van der Waals surface area contributed by atoms with Crippen LogP contribution < -0.4 is 10.1 Å². The van der Waals surface area contributed by atoms with Gasteiger partial charge in [-0.25, -0.2) is 0 Å². The first-order valence-electron chi connectivity index (χ1n) is 12.1. The highest BCUT2D eigenvalue weighted by Crippen LogP contribution is 2.27. The molecule has 0 saturated heterocycles. The minimum atomic E-state index is -1.47. The van der Waals surface area contributed by atoms with Gasteiger partial charge in [0.25, 0.3) is 0 Å². The van der Waals surface area contributed by atoms with Gasteiger partial charge >= 0.3 is 0 Å². The monoisotopic (exact) mass is 463 g/mol. The van der Waals surface area contributed by atoms with Crippen LogP contribution >= 0.6 is 0 Å². The van der Waals surface area contributed by atoms with E-state index in [1.54, 1.807) is 12.1 Å². The van der Waals surface area contributed by atoms with E-state index in [9.17, 15) is 15.3 Å². The first-order valence-corrected chi connectivity index (χ1v) is 12.1. The second-order valence-corrected chi connectivity index (χ2v) is 8.81. The van der Waals surface area contributed by atoms with Gasteiger partial charge in [-0.3, -0.25) is 0 Å². The zero-order valence-electron chi connectivity index (χ0n) is 20.2. The molecule has 0 bridgehead atoms. The Labute approximate surface area is 203 Å². The SMILES string of the molecule is CCC(O)(CC)CCCNC(c1ccccc1)c1cccc(OCc2ccc(C(O)O)cc2)c1. The highest BCUT2D eigenvalue weighted by molar-refractivity contribution is 5.37. The van der Waals surface area contributed by atoms with Crippen LogP contribution in [0.4, 0.5) is 0 Å². The fourth-order valence-electron chi connectivity index (χ4n) is 4.08. The molecule has 0 amide bonds. The van der Waals surface area contributed by atoms with Crippen LogP contribution in [0.5, 0.6) is 5.75 Å². The summed E-state index contributed by atoms with van der Waals surface area (Å²) in [6.45, 7) is 5.27. The summed E-state index contributed by atoms with van der Waals surface area (Å²) in [4.78, 5) is 0. The standard InChI is InChI=1S/C29H37NO4/c1-3-29(33,4-2)18-9-19-30-27(23-10-6-5-7-11-23)25-12-8-13-26(20-25)34-21-22-14-16-24(17-15-22)28(31)32/h5-8,10-17,20,27-28,30-33H,3-4,9,18-19,21H2,1-2H3. The zero-order valence-corrected chi connectivity index (χ0v) is 20.2. The van der Waals surface area contributed by atoms with Crippen molar-refractivity contribution in [2.24, 2.45) is 0 Å². The normalized spacial score (nSPS) is 12.6. The van der Waals surface area contributed by atoms with Crippen molar-refractivity contribution < 1.29 is 20.1 Å². The van der Waals surface area contributed by atoms with Crippen molar-refractivity contribution in [1.29, 1.82) is 0 Å². The predicted molar refractivity (Wildman–Crippen MR) is 135 cm³/mol. The molecule has 0 heterocycles. The molecule has 0 saturated carbocycles. The fourth-order valence-corrected chi connectivity index (χ4v) is 4.08. The lowest BCUT2D eigenvalue weighted by Crippen LogP contribution is -2.29. The number of hydrogen-bond donors (Lipinski definition) is 4. The summed E-state index contributed by atoms with van der Waals surface area (Å²) in [5, 5.41) is 32.8. The van der Waals surface area contributed by atoms with Crippen LogP contribution in [-0.2, 0) is 6.61 Å². The van der Waals surface area contributed by atoms with E-state index >= 15 is 0 Å². The Kier molecular flexibility index (Phi) is 9.66. The molecule has 3 aromatic rings. The number of ether oxygens (including phenoxy) is 1. The van der Waals surface area contributed by atoms with Crippen LogP contribution in [0.3, 0.4) is 0 Å². The fraction of sp³-hybridized carbons (Fsp3) is 0.379. The molecule has 34 heavy (non-hydrogen) atoms. The van der Waals surface area contributed by atoms with Crippen molar-refractivity contribution in [2.75, 3.05) is 6.54 Å². The quantitative estimate of drug-likeness (QED) is 0.205. The van der Waals surface area contributed by atoms with Gasteiger partial charge in [0, 0.05) is 5.56 Å².